The molecule has 3 rings (SSSR count). The van der Waals surface area contributed by atoms with Crippen LogP contribution in [0.4, 0.5) is 23.2 Å². The van der Waals surface area contributed by atoms with Crippen molar-refractivity contribution in [2.24, 2.45) is 0 Å². The van der Waals surface area contributed by atoms with Crippen molar-refractivity contribution in [3.63, 3.8) is 0 Å². The van der Waals surface area contributed by atoms with Crippen molar-refractivity contribution in [3.8, 4) is 0 Å². The van der Waals surface area contributed by atoms with Gasteiger partial charge >= 0.3 is 12.1 Å². The van der Waals surface area contributed by atoms with Crippen molar-refractivity contribution >= 4 is 28.5 Å². The van der Waals surface area contributed by atoms with Crippen LogP contribution in [0.2, 0.25) is 0 Å². The van der Waals surface area contributed by atoms with Gasteiger partial charge in [-0.3, -0.25) is 14.2 Å². The maximum atomic E-state index is 13.6. The second-order valence-electron chi connectivity index (χ2n) is 7.45. The minimum absolute atomic E-state index is 0.130. The van der Waals surface area contributed by atoms with Crippen LogP contribution in [0.3, 0.4) is 0 Å². The molecule has 1 amide bonds. The van der Waals surface area contributed by atoms with E-state index in [2.05, 4.69) is 4.74 Å². The molecule has 2 aromatic carbocycles. The molecule has 1 heterocycles. The van der Waals surface area contributed by atoms with Crippen molar-refractivity contribution in [2.75, 3.05) is 19.1 Å². The van der Waals surface area contributed by atoms with Crippen LogP contribution in [-0.2, 0) is 15.7 Å². The molecule has 3 aromatic rings. The summed E-state index contributed by atoms with van der Waals surface area (Å²) < 4.78 is 59.1. The molecule has 0 N–H and O–H groups in total. The molecule has 0 aliphatic carbocycles. The number of carbonyl (C=O) groups excluding carboxylic acids is 2. The third kappa shape index (κ3) is 4.33. The number of rotatable bonds is 4. The van der Waals surface area contributed by atoms with E-state index in [1.54, 1.807) is 0 Å². The van der Waals surface area contributed by atoms with Gasteiger partial charge in [-0.15, -0.1) is 0 Å². The molecule has 0 saturated heterocycles. The lowest BCUT2D eigenvalue weighted by molar-refractivity contribution is -0.144. The van der Waals surface area contributed by atoms with E-state index in [0.717, 1.165) is 40.8 Å². The fourth-order valence-electron chi connectivity index (χ4n) is 3.63. The lowest BCUT2D eigenvalue weighted by atomic mass is 10.00. The number of methoxy groups -OCH3 is 1. The molecule has 0 saturated carbocycles. The second-order valence-corrected chi connectivity index (χ2v) is 7.45. The van der Waals surface area contributed by atoms with Crippen LogP contribution < -0.4 is 10.5 Å². The average molecular weight is 464 g/mol. The van der Waals surface area contributed by atoms with Crippen LogP contribution in [0.15, 0.2) is 47.3 Å². The quantitative estimate of drug-likeness (QED) is 0.422. The van der Waals surface area contributed by atoms with Gasteiger partial charge in [-0.05, 0) is 49.7 Å². The molecule has 33 heavy (non-hydrogen) atoms. The van der Waals surface area contributed by atoms with E-state index >= 15 is 0 Å². The Balaban J connectivity index is 2.34. The van der Waals surface area contributed by atoms with Gasteiger partial charge in [0.15, 0.2) is 0 Å². The molecule has 0 spiro atoms. The second kappa shape index (κ2) is 8.68. The minimum Gasteiger partial charge on any atom is -0.467 e. The Morgan fingerprint density at radius 3 is 2.36 bits per heavy atom. The molecule has 174 valence electrons. The van der Waals surface area contributed by atoms with Crippen molar-refractivity contribution < 1.29 is 31.9 Å². The van der Waals surface area contributed by atoms with E-state index in [-0.39, 0.29) is 27.7 Å². The molecule has 0 fully saturated rings. The zero-order valence-electron chi connectivity index (χ0n) is 18.2. The highest BCUT2D eigenvalue weighted by molar-refractivity contribution is 6.09. The van der Waals surface area contributed by atoms with Crippen LogP contribution in [0.1, 0.15) is 34.5 Å². The van der Waals surface area contributed by atoms with Gasteiger partial charge in [0.25, 0.3) is 11.5 Å². The molecule has 0 bridgehead atoms. The van der Waals surface area contributed by atoms with Crippen LogP contribution in [0.5, 0.6) is 0 Å². The summed E-state index contributed by atoms with van der Waals surface area (Å²) in [5.74, 6) is -2.29. The van der Waals surface area contributed by atoms with Gasteiger partial charge < -0.3 is 9.64 Å². The van der Waals surface area contributed by atoms with Gasteiger partial charge in [0, 0.05) is 18.1 Å². The molecular formula is C23H20F4N2O4. The fraction of sp³-hybridized carbons (Fsp3) is 0.261. The predicted octanol–water partition coefficient (Wildman–Crippen LogP) is 4.48. The topological polar surface area (TPSA) is 68.6 Å². The Kier molecular flexibility index (Phi) is 6.31. The maximum absolute atomic E-state index is 13.6. The first-order valence-electron chi connectivity index (χ1n) is 9.76. The van der Waals surface area contributed by atoms with Crippen LogP contribution >= 0.6 is 0 Å². The largest absolute Gasteiger partial charge is 0.467 e. The molecule has 0 radical (unpaired) electrons. The molecule has 1 unspecified atom stereocenters. The molecule has 1 atom stereocenters. The number of aryl methyl sites for hydroxylation is 1. The Bertz CT molecular complexity index is 1310. The number of alkyl halides is 3. The lowest BCUT2D eigenvalue weighted by Gasteiger charge is -2.23. The molecule has 10 heteroatoms. The number of hydrogen-bond donors (Lipinski definition) is 0. The molecular weight excluding hydrogens is 444 g/mol. The number of ether oxygens (including phenoxy) is 1. The minimum atomic E-state index is -4.69. The first-order chi connectivity index (χ1) is 15.4. The van der Waals surface area contributed by atoms with E-state index in [1.807, 2.05) is 0 Å². The number of anilines is 1. The summed E-state index contributed by atoms with van der Waals surface area (Å²) >= 11 is 0. The van der Waals surface area contributed by atoms with Gasteiger partial charge in [-0.1, -0.05) is 12.1 Å². The number of pyridine rings is 1. The molecule has 0 aliphatic heterocycles. The molecule has 0 aliphatic rings. The standard InChI is InChI=1S/C23H20F4N2O4/c1-12-17-9-8-14(23(25,26)27)10-18(17)29(13(2)22(32)33-4)21(31)19(12)20(30)28(3)16-7-5-6-15(24)11-16/h5-11,13H,1-4H3. The summed E-state index contributed by atoms with van der Waals surface area (Å²) in [6, 6.07) is 6.55. The molecule has 1 aromatic heterocycles. The summed E-state index contributed by atoms with van der Waals surface area (Å²) in [5, 5.41) is 0.175. The van der Waals surface area contributed by atoms with Crippen molar-refractivity contribution in [1.82, 2.24) is 4.57 Å². The van der Waals surface area contributed by atoms with E-state index in [1.165, 1.54) is 39.1 Å². The summed E-state index contributed by atoms with van der Waals surface area (Å²) in [6.07, 6.45) is -4.69. The number of aromatic nitrogens is 1. The first kappa shape index (κ1) is 24.0. The van der Waals surface area contributed by atoms with Crippen molar-refractivity contribution in [3.05, 3.63) is 75.3 Å². The number of hydrogen-bond acceptors (Lipinski definition) is 4. The lowest BCUT2D eigenvalue weighted by Crippen LogP contribution is -2.38. The number of fused-ring (bicyclic) bond motifs is 1. The van der Waals surface area contributed by atoms with Gasteiger partial charge in [-0.25, -0.2) is 9.18 Å². The maximum Gasteiger partial charge on any atom is 0.416 e. The number of amides is 1. The Labute approximate surface area is 186 Å². The SMILES string of the molecule is COC(=O)C(C)n1c(=O)c(C(=O)N(C)c2cccc(F)c2)c(C)c2ccc(C(F)(F)F)cc21. The number of nitrogens with zero attached hydrogens (tertiary/aromatic N) is 2. The van der Waals surface area contributed by atoms with Crippen molar-refractivity contribution in [2.45, 2.75) is 26.1 Å². The predicted molar refractivity (Wildman–Crippen MR) is 114 cm³/mol. The van der Waals surface area contributed by atoms with E-state index < -0.39 is 41.0 Å². The van der Waals surface area contributed by atoms with Crippen molar-refractivity contribution in [1.29, 1.82) is 0 Å². The van der Waals surface area contributed by atoms with Gasteiger partial charge in [0.1, 0.15) is 17.4 Å². The summed E-state index contributed by atoms with van der Waals surface area (Å²) in [6.45, 7) is 2.71. The van der Waals surface area contributed by atoms with Gasteiger partial charge in [0.2, 0.25) is 0 Å². The zero-order chi connectivity index (χ0) is 24.7. The number of halogens is 4. The average Bonchev–Trinajstić information content (AvgIpc) is 2.76. The first-order valence-corrected chi connectivity index (χ1v) is 9.76. The molecule has 6 nitrogen and oxygen atoms in total. The summed E-state index contributed by atoms with van der Waals surface area (Å²) in [7, 11) is 2.41. The van der Waals surface area contributed by atoms with Crippen LogP contribution in [0, 0.1) is 12.7 Å². The normalized spacial score (nSPS) is 12.5. The highest BCUT2D eigenvalue weighted by Crippen LogP contribution is 2.33. The Morgan fingerprint density at radius 1 is 1.12 bits per heavy atom. The van der Waals surface area contributed by atoms with E-state index in [9.17, 15) is 31.9 Å². The van der Waals surface area contributed by atoms with Gasteiger partial charge in [-0.2, -0.15) is 13.2 Å². The van der Waals surface area contributed by atoms with E-state index in [4.69, 9.17) is 0 Å². The number of esters is 1. The highest BCUT2D eigenvalue weighted by atomic mass is 19.4. The zero-order valence-corrected chi connectivity index (χ0v) is 18.2. The monoisotopic (exact) mass is 464 g/mol. The summed E-state index contributed by atoms with van der Waals surface area (Å²) in [5.41, 5.74) is -2.22. The number of carbonyl (C=O) groups is 2. The van der Waals surface area contributed by atoms with Crippen LogP contribution in [0.25, 0.3) is 10.9 Å². The summed E-state index contributed by atoms with van der Waals surface area (Å²) in [4.78, 5) is 40.0. The third-order valence-corrected chi connectivity index (χ3v) is 5.44. The number of benzene rings is 2. The van der Waals surface area contributed by atoms with Gasteiger partial charge in [0.05, 0.1) is 18.2 Å². The highest BCUT2D eigenvalue weighted by Gasteiger charge is 2.33. The Hall–Kier alpha value is -3.69. The fourth-order valence-corrected chi connectivity index (χ4v) is 3.63. The Morgan fingerprint density at radius 2 is 1.79 bits per heavy atom. The smallest absolute Gasteiger partial charge is 0.416 e. The van der Waals surface area contributed by atoms with Crippen LogP contribution in [-0.4, -0.2) is 30.6 Å². The third-order valence-electron chi connectivity index (χ3n) is 5.44. The van der Waals surface area contributed by atoms with E-state index in [0.29, 0.717) is 0 Å².